The Morgan fingerprint density at radius 2 is 1.62 bits per heavy atom. The van der Waals surface area contributed by atoms with Crippen LogP contribution in [0.4, 0.5) is 0 Å². The van der Waals surface area contributed by atoms with E-state index < -0.39 is 6.04 Å². The molecule has 3 nitrogen and oxygen atoms in total. The highest BCUT2D eigenvalue weighted by atomic mass is 35.5. The van der Waals surface area contributed by atoms with E-state index in [1.54, 1.807) is 6.07 Å². The fourth-order valence-corrected chi connectivity index (χ4v) is 7.14. The van der Waals surface area contributed by atoms with Crippen LogP contribution in [-0.2, 0) is 4.79 Å². The zero-order chi connectivity index (χ0) is 27.2. The third kappa shape index (κ3) is 6.48. The molecular formula is C32H46Cl2N2O. The van der Waals surface area contributed by atoms with Crippen LogP contribution in [0, 0.1) is 16.7 Å². The van der Waals surface area contributed by atoms with E-state index in [1.807, 2.05) is 12.1 Å². The Bertz CT molecular complexity index is 1050. The largest absolute Gasteiger partial charge is 0.316 e. The number of benzene rings is 1. The van der Waals surface area contributed by atoms with Gasteiger partial charge in [0.05, 0.1) is 11.7 Å². The molecule has 2 atom stereocenters. The maximum atomic E-state index is 14.5. The molecule has 0 radical (unpaired) electrons. The Morgan fingerprint density at radius 1 is 1.00 bits per heavy atom. The van der Waals surface area contributed by atoms with Crippen LogP contribution in [0.25, 0.3) is 0 Å². The van der Waals surface area contributed by atoms with Crippen molar-refractivity contribution in [2.24, 2.45) is 16.7 Å². The molecule has 1 saturated carbocycles. The molecule has 1 amide bonds. The van der Waals surface area contributed by atoms with Gasteiger partial charge in [0.1, 0.15) is 6.04 Å². The van der Waals surface area contributed by atoms with Gasteiger partial charge in [0.15, 0.2) is 0 Å². The summed E-state index contributed by atoms with van der Waals surface area (Å²) in [6, 6.07) is 5.20. The minimum Gasteiger partial charge on any atom is -0.316 e. The molecule has 3 aliphatic rings. The van der Waals surface area contributed by atoms with Gasteiger partial charge >= 0.3 is 0 Å². The van der Waals surface area contributed by atoms with Gasteiger partial charge < -0.3 is 4.90 Å². The topological polar surface area (TPSA) is 32.3 Å². The molecule has 4 rings (SSSR count). The van der Waals surface area contributed by atoms with E-state index in [0.717, 1.165) is 56.9 Å². The van der Waals surface area contributed by atoms with Crippen molar-refractivity contribution in [1.82, 2.24) is 10.2 Å². The zero-order valence-corrected chi connectivity index (χ0v) is 25.4. The van der Waals surface area contributed by atoms with Gasteiger partial charge in [-0.15, -0.1) is 0 Å². The van der Waals surface area contributed by atoms with Crippen LogP contribution in [0.5, 0.6) is 0 Å². The molecule has 2 aliphatic carbocycles. The number of nitrogens with zero attached hydrogens (tertiary/aromatic N) is 1. The van der Waals surface area contributed by atoms with Crippen LogP contribution in [0.15, 0.2) is 41.5 Å². The molecule has 2 unspecified atom stereocenters. The van der Waals surface area contributed by atoms with Crippen LogP contribution in [0.2, 0.25) is 10.0 Å². The van der Waals surface area contributed by atoms with E-state index in [0.29, 0.717) is 16.0 Å². The molecular weight excluding hydrogens is 499 g/mol. The Morgan fingerprint density at radius 3 is 2.14 bits per heavy atom. The van der Waals surface area contributed by atoms with Crippen molar-refractivity contribution < 1.29 is 4.79 Å². The van der Waals surface area contributed by atoms with Gasteiger partial charge in [0.2, 0.25) is 5.91 Å². The molecule has 204 valence electrons. The zero-order valence-electron chi connectivity index (χ0n) is 23.9. The number of carbonyl (C=O) groups is 1. The second-order valence-electron chi connectivity index (χ2n) is 14.0. The third-order valence-corrected chi connectivity index (χ3v) is 9.35. The standard InChI is InChI=1S/C32H46Cl2N2O/c1-21-8-10-22(11-9-21)27(14-15-30(2,3)4)36-29(37)28(23-18-25(33)20-26(34)19-23)35-32(36)16-12-24(13-17-32)31(5,6)7/h8,10,18-20,24,27-28,35H,9,11-17H2,1-7H3. The first kappa shape index (κ1) is 28.7. The highest BCUT2D eigenvalue weighted by Gasteiger charge is 2.55. The second kappa shape index (κ2) is 10.7. The first-order valence-electron chi connectivity index (χ1n) is 14.1. The van der Waals surface area contributed by atoms with Crippen LogP contribution in [0.3, 0.4) is 0 Å². The normalized spacial score (nSPS) is 27.9. The first-order chi connectivity index (χ1) is 17.2. The summed E-state index contributed by atoms with van der Waals surface area (Å²) in [7, 11) is 0. The highest BCUT2D eigenvalue weighted by Crippen LogP contribution is 2.49. The molecule has 1 spiro atoms. The first-order valence-corrected chi connectivity index (χ1v) is 14.9. The predicted octanol–water partition coefficient (Wildman–Crippen LogP) is 9.26. The van der Waals surface area contributed by atoms with Crippen molar-refractivity contribution in [2.45, 2.75) is 118 Å². The number of nitrogens with one attached hydrogen (secondary N) is 1. The van der Waals surface area contributed by atoms with Gasteiger partial charge in [-0.05, 0) is 104 Å². The van der Waals surface area contributed by atoms with Gasteiger partial charge in [-0.1, -0.05) is 82.5 Å². The molecule has 0 bridgehead atoms. The predicted molar refractivity (Wildman–Crippen MR) is 157 cm³/mol. The fourth-order valence-electron chi connectivity index (χ4n) is 6.60. The van der Waals surface area contributed by atoms with Crippen LogP contribution < -0.4 is 5.32 Å². The van der Waals surface area contributed by atoms with Gasteiger partial charge in [-0.25, -0.2) is 0 Å². The number of amides is 1. The number of hydrogen-bond acceptors (Lipinski definition) is 2. The summed E-state index contributed by atoms with van der Waals surface area (Å²) < 4.78 is 0. The van der Waals surface area contributed by atoms with E-state index in [-0.39, 0.29) is 28.4 Å². The number of hydrogen-bond donors (Lipinski definition) is 1. The quantitative estimate of drug-likeness (QED) is 0.400. The maximum absolute atomic E-state index is 14.5. The summed E-state index contributed by atoms with van der Waals surface area (Å²) in [5, 5.41) is 5.03. The van der Waals surface area contributed by atoms with Crippen LogP contribution in [0.1, 0.15) is 111 Å². The molecule has 5 heteroatoms. The lowest BCUT2D eigenvalue weighted by molar-refractivity contribution is -0.136. The lowest BCUT2D eigenvalue weighted by Gasteiger charge is -2.49. The molecule has 1 saturated heterocycles. The Balaban J connectivity index is 1.76. The smallest absolute Gasteiger partial charge is 0.246 e. The van der Waals surface area contributed by atoms with Crippen LogP contribution in [-0.4, -0.2) is 22.5 Å². The number of halogens is 2. The number of carbonyl (C=O) groups excluding carboxylic acids is 1. The third-order valence-electron chi connectivity index (χ3n) is 8.91. The van der Waals surface area contributed by atoms with E-state index in [4.69, 9.17) is 23.2 Å². The van der Waals surface area contributed by atoms with E-state index in [2.05, 4.69) is 70.8 Å². The molecule has 2 fully saturated rings. The van der Waals surface area contributed by atoms with Crippen molar-refractivity contribution in [3.05, 3.63) is 57.1 Å². The van der Waals surface area contributed by atoms with Crippen molar-refractivity contribution in [3.63, 3.8) is 0 Å². The summed E-state index contributed by atoms with van der Waals surface area (Å²) in [6.07, 6.45) is 12.9. The highest BCUT2D eigenvalue weighted by molar-refractivity contribution is 6.34. The summed E-state index contributed by atoms with van der Waals surface area (Å²) >= 11 is 12.8. The van der Waals surface area contributed by atoms with Gasteiger partial charge in [-0.3, -0.25) is 10.1 Å². The molecule has 1 aromatic carbocycles. The summed E-state index contributed by atoms with van der Waals surface area (Å²) in [6.45, 7) is 16.2. The minimum atomic E-state index is -0.430. The lowest BCUT2D eigenvalue weighted by Crippen LogP contribution is -2.59. The summed E-state index contributed by atoms with van der Waals surface area (Å²) in [4.78, 5) is 16.8. The molecule has 1 aliphatic heterocycles. The molecule has 1 heterocycles. The maximum Gasteiger partial charge on any atom is 0.246 e. The van der Waals surface area contributed by atoms with Crippen molar-refractivity contribution in [2.75, 3.05) is 0 Å². The molecule has 1 N–H and O–H groups in total. The van der Waals surface area contributed by atoms with Gasteiger partial charge in [0.25, 0.3) is 0 Å². The second-order valence-corrected chi connectivity index (χ2v) is 14.9. The van der Waals surface area contributed by atoms with Gasteiger partial charge in [-0.2, -0.15) is 0 Å². The average Bonchev–Trinajstić information content (AvgIpc) is 3.05. The monoisotopic (exact) mass is 544 g/mol. The van der Waals surface area contributed by atoms with E-state index >= 15 is 0 Å². The van der Waals surface area contributed by atoms with E-state index in [1.165, 1.54) is 11.1 Å². The van der Waals surface area contributed by atoms with Crippen molar-refractivity contribution in [3.8, 4) is 0 Å². The Kier molecular flexibility index (Phi) is 8.30. The summed E-state index contributed by atoms with van der Waals surface area (Å²) in [5.41, 5.74) is 3.80. The van der Waals surface area contributed by atoms with Crippen molar-refractivity contribution >= 4 is 29.1 Å². The number of rotatable bonds is 5. The Hall–Kier alpha value is -1.29. The van der Waals surface area contributed by atoms with E-state index in [9.17, 15) is 4.79 Å². The summed E-state index contributed by atoms with van der Waals surface area (Å²) in [5.74, 6) is 0.822. The average molecular weight is 546 g/mol. The fraction of sp³-hybridized carbons (Fsp3) is 0.656. The molecule has 1 aromatic rings. The SMILES string of the molecule is CC1=CC=C(C(CCC(C)(C)C)N2C(=O)C(c3cc(Cl)cc(Cl)c3)NC23CCC(C(C)(C)C)CC3)CC1. The van der Waals surface area contributed by atoms with Crippen LogP contribution >= 0.6 is 23.2 Å². The lowest BCUT2D eigenvalue weighted by atomic mass is 9.69. The Labute approximate surface area is 235 Å². The van der Waals surface area contributed by atoms with Crippen molar-refractivity contribution in [1.29, 1.82) is 0 Å². The molecule has 0 aromatic heterocycles. The number of allylic oxidation sites excluding steroid dienone is 3. The molecule has 37 heavy (non-hydrogen) atoms. The van der Waals surface area contributed by atoms with Gasteiger partial charge in [0, 0.05) is 10.0 Å². The minimum absolute atomic E-state index is 0.0921.